The SMILES string of the molecule is Cn1cc(CN2CCNCC2C2CCCCC2)cn1. The fourth-order valence-electron chi connectivity index (χ4n) is 3.74. The molecule has 2 fully saturated rings. The lowest BCUT2D eigenvalue weighted by molar-refractivity contribution is 0.0859. The summed E-state index contributed by atoms with van der Waals surface area (Å²) in [4.78, 5) is 2.68. The van der Waals surface area contributed by atoms with Crippen LogP contribution in [0.2, 0.25) is 0 Å². The molecule has 1 atom stereocenters. The maximum absolute atomic E-state index is 4.29. The van der Waals surface area contributed by atoms with Crippen molar-refractivity contribution >= 4 is 0 Å². The molecule has 4 heteroatoms. The first-order valence-electron chi connectivity index (χ1n) is 7.75. The zero-order chi connectivity index (χ0) is 13.1. The van der Waals surface area contributed by atoms with Crippen molar-refractivity contribution in [3.63, 3.8) is 0 Å². The molecule has 1 N–H and O–H groups in total. The van der Waals surface area contributed by atoms with Gasteiger partial charge in [0.05, 0.1) is 6.20 Å². The molecule has 1 aromatic heterocycles. The second kappa shape index (κ2) is 6.06. The third-order valence-electron chi connectivity index (χ3n) is 4.74. The molecule has 1 aliphatic carbocycles. The van der Waals surface area contributed by atoms with E-state index in [-0.39, 0.29) is 0 Å². The smallest absolute Gasteiger partial charge is 0.0534 e. The number of nitrogens with one attached hydrogen (secondary N) is 1. The van der Waals surface area contributed by atoms with Crippen LogP contribution in [0.5, 0.6) is 0 Å². The first-order valence-corrected chi connectivity index (χ1v) is 7.75. The van der Waals surface area contributed by atoms with Crippen molar-refractivity contribution in [2.45, 2.75) is 44.7 Å². The summed E-state index contributed by atoms with van der Waals surface area (Å²) >= 11 is 0. The van der Waals surface area contributed by atoms with Gasteiger partial charge in [0.2, 0.25) is 0 Å². The van der Waals surface area contributed by atoms with Gasteiger partial charge >= 0.3 is 0 Å². The van der Waals surface area contributed by atoms with Gasteiger partial charge in [-0.15, -0.1) is 0 Å². The zero-order valence-corrected chi connectivity index (χ0v) is 12.0. The molecule has 2 aliphatic rings. The van der Waals surface area contributed by atoms with Crippen LogP contribution in [0, 0.1) is 5.92 Å². The average Bonchev–Trinajstić information content (AvgIpc) is 2.86. The van der Waals surface area contributed by atoms with Gasteiger partial charge in [-0.25, -0.2) is 0 Å². The predicted octanol–water partition coefficient (Wildman–Crippen LogP) is 1.77. The summed E-state index contributed by atoms with van der Waals surface area (Å²) in [5.41, 5.74) is 1.35. The largest absolute Gasteiger partial charge is 0.314 e. The zero-order valence-electron chi connectivity index (χ0n) is 12.0. The quantitative estimate of drug-likeness (QED) is 0.901. The summed E-state index contributed by atoms with van der Waals surface area (Å²) in [5.74, 6) is 0.901. The number of rotatable bonds is 3. The second-order valence-electron chi connectivity index (χ2n) is 6.16. The predicted molar refractivity (Wildman–Crippen MR) is 76.9 cm³/mol. The highest BCUT2D eigenvalue weighted by molar-refractivity contribution is 5.04. The molecule has 1 saturated heterocycles. The van der Waals surface area contributed by atoms with Crippen LogP contribution in [0.15, 0.2) is 12.4 Å². The Hall–Kier alpha value is -0.870. The Balaban J connectivity index is 1.66. The summed E-state index contributed by atoms with van der Waals surface area (Å²) in [7, 11) is 2.00. The van der Waals surface area contributed by atoms with Crippen molar-refractivity contribution in [1.29, 1.82) is 0 Å². The molecule has 0 spiro atoms. The van der Waals surface area contributed by atoms with Crippen molar-refractivity contribution in [2.75, 3.05) is 19.6 Å². The highest BCUT2D eigenvalue weighted by atomic mass is 15.3. The van der Waals surface area contributed by atoms with Gasteiger partial charge in [0.1, 0.15) is 0 Å². The summed E-state index contributed by atoms with van der Waals surface area (Å²) < 4.78 is 1.91. The highest BCUT2D eigenvalue weighted by Crippen LogP contribution is 2.30. The molecule has 106 valence electrons. The fourth-order valence-corrected chi connectivity index (χ4v) is 3.74. The number of aryl methyl sites for hydroxylation is 1. The number of aromatic nitrogens is 2. The van der Waals surface area contributed by atoms with E-state index in [2.05, 4.69) is 21.5 Å². The van der Waals surface area contributed by atoms with Crippen molar-refractivity contribution in [1.82, 2.24) is 20.0 Å². The van der Waals surface area contributed by atoms with Crippen LogP contribution >= 0.6 is 0 Å². The van der Waals surface area contributed by atoms with Crippen LogP contribution in [0.4, 0.5) is 0 Å². The van der Waals surface area contributed by atoms with Gasteiger partial charge < -0.3 is 5.32 Å². The van der Waals surface area contributed by atoms with Crippen LogP contribution in [-0.2, 0) is 13.6 Å². The Labute approximate surface area is 116 Å². The van der Waals surface area contributed by atoms with Gasteiger partial charge in [-0.1, -0.05) is 19.3 Å². The Morgan fingerprint density at radius 2 is 2.16 bits per heavy atom. The molecule has 2 heterocycles. The minimum atomic E-state index is 0.731. The van der Waals surface area contributed by atoms with Crippen molar-refractivity contribution in [3.8, 4) is 0 Å². The van der Waals surface area contributed by atoms with Crippen molar-refractivity contribution < 1.29 is 0 Å². The van der Waals surface area contributed by atoms with E-state index in [1.165, 1.54) is 50.8 Å². The Morgan fingerprint density at radius 1 is 1.32 bits per heavy atom. The van der Waals surface area contributed by atoms with Crippen LogP contribution < -0.4 is 5.32 Å². The number of nitrogens with zero attached hydrogens (tertiary/aromatic N) is 3. The molecule has 1 saturated carbocycles. The maximum atomic E-state index is 4.29. The average molecular weight is 262 g/mol. The van der Waals surface area contributed by atoms with E-state index in [9.17, 15) is 0 Å². The second-order valence-corrected chi connectivity index (χ2v) is 6.16. The van der Waals surface area contributed by atoms with Crippen LogP contribution in [-0.4, -0.2) is 40.4 Å². The Morgan fingerprint density at radius 3 is 2.89 bits per heavy atom. The number of piperazine rings is 1. The lowest BCUT2D eigenvalue weighted by Crippen LogP contribution is -2.54. The van der Waals surface area contributed by atoms with Gasteiger partial charge in [-0.05, 0) is 18.8 Å². The summed E-state index contributed by atoms with van der Waals surface area (Å²) in [6, 6.07) is 0.731. The van der Waals surface area contributed by atoms with E-state index in [1.807, 2.05) is 17.9 Å². The molecule has 0 radical (unpaired) electrons. The highest BCUT2D eigenvalue weighted by Gasteiger charge is 2.30. The van der Waals surface area contributed by atoms with Gasteiger partial charge in [0, 0.05) is 51.0 Å². The molecular formula is C15H26N4. The molecule has 1 aliphatic heterocycles. The molecule has 1 unspecified atom stereocenters. The first-order chi connectivity index (χ1) is 9.33. The third-order valence-corrected chi connectivity index (χ3v) is 4.74. The lowest BCUT2D eigenvalue weighted by Gasteiger charge is -2.42. The Bertz CT molecular complexity index is 395. The minimum Gasteiger partial charge on any atom is -0.314 e. The number of hydrogen-bond acceptors (Lipinski definition) is 3. The molecule has 0 aromatic carbocycles. The van der Waals surface area contributed by atoms with Crippen molar-refractivity contribution in [3.05, 3.63) is 18.0 Å². The summed E-state index contributed by atoms with van der Waals surface area (Å²) in [6.45, 7) is 4.54. The number of hydrogen-bond donors (Lipinski definition) is 1. The molecule has 0 amide bonds. The van der Waals surface area contributed by atoms with Crippen LogP contribution in [0.3, 0.4) is 0 Å². The normalized spacial score (nSPS) is 26.7. The van der Waals surface area contributed by atoms with Crippen LogP contribution in [0.25, 0.3) is 0 Å². The lowest BCUT2D eigenvalue weighted by atomic mass is 9.82. The molecule has 19 heavy (non-hydrogen) atoms. The fraction of sp³-hybridized carbons (Fsp3) is 0.800. The molecule has 4 nitrogen and oxygen atoms in total. The van der Waals surface area contributed by atoms with E-state index in [1.54, 1.807) is 0 Å². The van der Waals surface area contributed by atoms with Crippen molar-refractivity contribution in [2.24, 2.45) is 13.0 Å². The summed E-state index contributed by atoms with van der Waals surface area (Å²) in [6.07, 6.45) is 11.3. The third kappa shape index (κ3) is 3.18. The van der Waals surface area contributed by atoms with Gasteiger partial charge in [0.15, 0.2) is 0 Å². The van der Waals surface area contributed by atoms with E-state index in [4.69, 9.17) is 0 Å². The molecule has 0 bridgehead atoms. The van der Waals surface area contributed by atoms with E-state index in [0.29, 0.717) is 0 Å². The molecule has 1 aromatic rings. The standard InChI is InChI=1S/C15H26N4/c1-18-11-13(9-17-18)12-19-8-7-16-10-15(19)14-5-3-2-4-6-14/h9,11,14-16H,2-8,10,12H2,1H3. The Kier molecular flexibility index (Phi) is 4.18. The van der Waals surface area contributed by atoms with Crippen LogP contribution in [0.1, 0.15) is 37.7 Å². The van der Waals surface area contributed by atoms with E-state index < -0.39 is 0 Å². The van der Waals surface area contributed by atoms with Gasteiger partial charge in [-0.2, -0.15) is 5.10 Å². The van der Waals surface area contributed by atoms with Gasteiger partial charge in [-0.3, -0.25) is 9.58 Å². The topological polar surface area (TPSA) is 33.1 Å². The van der Waals surface area contributed by atoms with Gasteiger partial charge in [0.25, 0.3) is 0 Å². The monoisotopic (exact) mass is 262 g/mol. The van der Waals surface area contributed by atoms with E-state index >= 15 is 0 Å². The van der Waals surface area contributed by atoms with E-state index in [0.717, 1.165) is 25.0 Å². The maximum Gasteiger partial charge on any atom is 0.0534 e. The molecule has 3 rings (SSSR count). The molecular weight excluding hydrogens is 236 g/mol. The minimum absolute atomic E-state index is 0.731. The first kappa shape index (κ1) is 13.1. The summed E-state index contributed by atoms with van der Waals surface area (Å²) in [5, 5.41) is 7.88.